The summed E-state index contributed by atoms with van der Waals surface area (Å²) in [5, 5.41) is 0.487. The van der Waals surface area contributed by atoms with Crippen LogP contribution in [0.4, 0.5) is 0 Å². The molecule has 1 atom stereocenters. The second-order valence-corrected chi connectivity index (χ2v) is 4.86. The topological polar surface area (TPSA) is 61.5 Å². The fourth-order valence-electron chi connectivity index (χ4n) is 1.84. The molecule has 1 aromatic rings. The summed E-state index contributed by atoms with van der Waals surface area (Å²) in [4.78, 5) is 11.8. The maximum atomic E-state index is 11.8. The third kappa shape index (κ3) is 5.02. The molecule has 0 aliphatic carbocycles. The van der Waals surface area contributed by atoms with Crippen LogP contribution in [0.3, 0.4) is 0 Å². The van der Waals surface area contributed by atoms with Crippen molar-refractivity contribution < 1.29 is 14.3 Å². The number of esters is 1. The van der Waals surface area contributed by atoms with Crippen LogP contribution < -0.4 is 10.5 Å². The molecule has 5 heteroatoms. The fraction of sp³-hybridized carbons (Fsp3) is 0.533. The van der Waals surface area contributed by atoms with Crippen molar-refractivity contribution in [2.75, 3.05) is 13.2 Å². The summed E-state index contributed by atoms with van der Waals surface area (Å²) < 4.78 is 10.7. The van der Waals surface area contributed by atoms with Gasteiger partial charge in [0.25, 0.3) is 0 Å². The highest BCUT2D eigenvalue weighted by molar-refractivity contribution is 6.32. The number of carbonyl (C=O) groups is 1. The fourth-order valence-corrected chi connectivity index (χ4v) is 2.09. The smallest absolute Gasteiger partial charge is 0.347 e. The summed E-state index contributed by atoms with van der Waals surface area (Å²) in [6, 6.07) is 5.50. The monoisotopic (exact) mass is 299 g/mol. The van der Waals surface area contributed by atoms with Crippen molar-refractivity contribution in [1.29, 1.82) is 0 Å². The average Bonchev–Trinajstić information content (AvgIpc) is 2.41. The highest BCUT2D eigenvalue weighted by Gasteiger charge is 2.21. The van der Waals surface area contributed by atoms with Crippen LogP contribution in [-0.4, -0.2) is 25.2 Å². The Hall–Kier alpha value is -1.26. The zero-order chi connectivity index (χ0) is 15.0. The van der Waals surface area contributed by atoms with Crippen LogP contribution >= 0.6 is 11.6 Å². The predicted molar refractivity (Wildman–Crippen MR) is 80.2 cm³/mol. The highest BCUT2D eigenvalue weighted by Crippen LogP contribution is 2.27. The molecule has 0 aliphatic rings. The van der Waals surface area contributed by atoms with Gasteiger partial charge in [-0.15, -0.1) is 0 Å². The van der Waals surface area contributed by atoms with Gasteiger partial charge in [-0.3, -0.25) is 0 Å². The lowest BCUT2D eigenvalue weighted by Crippen LogP contribution is -2.29. The first-order chi connectivity index (χ1) is 9.62. The van der Waals surface area contributed by atoms with E-state index in [0.29, 0.717) is 30.3 Å². The lowest BCUT2D eigenvalue weighted by Gasteiger charge is -2.18. The second kappa shape index (κ2) is 8.82. The van der Waals surface area contributed by atoms with Crippen molar-refractivity contribution in [3.8, 4) is 5.75 Å². The summed E-state index contributed by atoms with van der Waals surface area (Å²) in [6.45, 7) is 4.67. The largest absolute Gasteiger partial charge is 0.477 e. The number of ether oxygens (including phenoxy) is 2. The molecule has 0 bridgehead atoms. The van der Waals surface area contributed by atoms with Crippen LogP contribution in [0.5, 0.6) is 5.75 Å². The van der Waals surface area contributed by atoms with Crippen molar-refractivity contribution in [3.05, 3.63) is 28.8 Å². The maximum Gasteiger partial charge on any atom is 0.347 e. The maximum absolute atomic E-state index is 11.8. The number of nitrogens with two attached hydrogens (primary N) is 1. The Morgan fingerprint density at radius 2 is 2.15 bits per heavy atom. The van der Waals surface area contributed by atoms with Gasteiger partial charge in [-0.05, 0) is 44.0 Å². The van der Waals surface area contributed by atoms with Crippen LogP contribution in [-0.2, 0) is 16.0 Å². The van der Waals surface area contributed by atoms with Crippen LogP contribution in [0.2, 0.25) is 5.02 Å². The molecule has 1 unspecified atom stereocenters. The van der Waals surface area contributed by atoms with E-state index in [2.05, 4.69) is 0 Å². The Labute approximate surface area is 125 Å². The molecule has 0 spiro atoms. The predicted octanol–water partition coefficient (Wildman–Crippen LogP) is 2.95. The third-order valence-electron chi connectivity index (χ3n) is 2.80. The van der Waals surface area contributed by atoms with Crippen molar-refractivity contribution in [2.45, 2.75) is 39.2 Å². The van der Waals surface area contributed by atoms with Crippen LogP contribution in [0.1, 0.15) is 32.3 Å². The summed E-state index contributed by atoms with van der Waals surface area (Å²) >= 11 is 6.17. The number of hydrogen-bond acceptors (Lipinski definition) is 4. The highest BCUT2D eigenvalue weighted by atomic mass is 35.5. The first-order valence-corrected chi connectivity index (χ1v) is 7.31. The quantitative estimate of drug-likeness (QED) is 0.750. The van der Waals surface area contributed by atoms with Gasteiger partial charge in [0.2, 0.25) is 0 Å². The van der Waals surface area contributed by atoms with Crippen molar-refractivity contribution in [1.82, 2.24) is 0 Å². The minimum absolute atomic E-state index is 0.339. The molecule has 2 N–H and O–H groups in total. The molecular weight excluding hydrogens is 278 g/mol. The minimum atomic E-state index is -0.613. The third-order valence-corrected chi connectivity index (χ3v) is 3.09. The van der Waals surface area contributed by atoms with Gasteiger partial charge in [0.05, 0.1) is 11.6 Å². The lowest BCUT2D eigenvalue weighted by molar-refractivity contribution is -0.151. The van der Waals surface area contributed by atoms with E-state index in [9.17, 15) is 4.79 Å². The Morgan fingerprint density at radius 3 is 2.70 bits per heavy atom. The van der Waals surface area contributed by atoms with Gasteiger partial charge < -0.3 is 15.2 Å². The molecule has 20 heavy (non-hydrogen) atoms. The molecule has 112 valence electrons. The Balaban J connectivity index is 2.80. The molecule has 0 saturated carbocycles. The second-order valence-electron chi connectivity index (χ2n) is 4.45. The first kappa shape index (κ1) is 16.8. The minimum Gasteiger partial charge on any atom is -0.477 e. The van der Waals surface area contributed by atoms with E-state index in [1.54, 1.807) is 13.0 Å². The van der Waals surface area contributed by atoms with Crippen molar-refractivity contribution in [3.63, 3.8) is 0 Å². The molecule has 0 saturated heterocycles. The normalized spacial score (nSPS) is 12.0. The number of carbonyl (C=O) groups excluding carboxylic acids is 1. The van der Waals surface area contributed by atoms with Crippen LogP contribution in [0, 0.1) is 0 Å². The zero-order valence-electron chi connectivity index (χ0n) is 12.0. The molecule has 0 heterocycles. The van der Waals surface area contributed by atoms with Gasteiger partial charge in [0, 0.05) is 0 Å². The van der Waals surface area contributed by atoms with Gasteiger partial charge in [-0.1, -0.05) is 31.0 Å². The zero-order valence-corrected chi connectivity index (χ0v) is 12.8. The molecule has 4 nitrogen and oxygen atoms in total. The van der Waals surface area contributed by atoms with E-state index in [1.165, 1.54) is 0 Å². The van der Waals surface area contributed by atoms with Crippen LogP contribution in [0.15, 0.2) is 18.2 Å². The van der Waals surface area contributed by atoms with E-state index in [1.807, 2.05) is 19.1 Å². The number of rotatable bonds is 8. The molecule has 0 fully saturated rings. The van der Waals surface area contributed by atoms with Gasteiger partial charge in [0.1, 0.15) is 5.75 Å². The summed E-state index contributed by atoms with van der Waals surface area (Å²) in [5.74, 6) is 0.149. The number of hydrogen-bond donors (Lipinski definition) is 1. The molecule has 0 aromatic heterocycles. The molecule has 0 aliphatic heterocycles. The molecule has 0 amide bonds. The Kier molecular flexibility index (Phi) is 7.41. The van der Waals surface area contributed by atoms with Gasteiger partial charge in [-0.25, -0.2) is 4.79 Å². The van der Waals surface area contributed by atoms with E-state index < -0.39 is 6.10 Å². The Bertz CT molecular complexity index is 437. The van der Waals surface area contributed by atoms with E-state index in [4.69, 9.17) is 26.8 Å². The molecular formula is C15H22ClNO3. The lowest BCUT2D eigenvalue weighted by atomic mass is 10.1. The van der Waals surface area contributed by atoms with Gasteiger partial charge in [-0.2, -0.15) is 0 Å². The first-order valence-electron chi connectivity index (χ1n) is 6.94. The number of halogens is 1. The average molecular weight is 300 g/mol. The molecule has 1 rings (SSSR count). The summed E-state index contributed by atoms with van der Waals surface area (Å²) in [6.07, 6.45) is 1.57. The van der Waals surface area contributed by atoms with Gasteiger partial charge in [0.15, 0.2) is 6.10 Å². The van der Waals surface area contributed by atoms with E-state index >= 15 is 0 Å². The van der Waals surface area contributed by atoms with Gasteiger partial charge >= 0.3 is 5.97 Å². The Morgan fingerprint density at radius 1 is 1.40 bits per heavy atom. The van der Waals surface area contributed by atoms with Crippen LogP contribution in [0.25, 0.3) is 0 Å². The number of benzene rings is 1. The standard InChI is InChI=1S/C15H22ClNO3/c1-3-5-14(15(18)19-4-2)20-13-7-6-11(8-9-17)10-12(13)16/h6-7,10,14H,3-5,8-9,17H2,1-2H3. The summed E-state index contributed by atoms with van der Waals surface area (Å²) in [7, 11) is 0. The van der Waals surface area contributed by atoms with Crippen molar-refractivity contribution in [2.24, 2.45) is 5.73 Å². The molecule has 1 aromatic carbocycles. The molecule has 0 radical (unpaired) electrons. The van der Waals surface area contributed by atoms with E-state index in [0.717, 1.165) is 18.4 Å². The van der Waals surface area contributed by atoms with Crippen molar-refractivity contribution >= 4 is 17.6 Å². The summed E-state index contributed by atoms with van der Waals surface area (Å²) in [5.41, 5.74) is 6.56. The van der Waals surface area contributed by atoms with E-state index in [-0.39, 0.29) is 5.97 Å². The SMILES string of the molecule is CCCC(Oc1ccc(CCN)cc1Cl)C(=O)OCC.